The van der Waals surface area contributed by atoms with Crippen LogP contribution in [0.2, 0.25) is 5.02 Å². The van der Waals surface area contributed by atoms with Crippen LogP contribution in [-0.2, 0) is 17.9 Å². The van der Waals surface area contributed by atoms with Gasteiger partial charge in [0.25, 0.3) is 11.1 Å². The van der Waals surface area contributed by atoms with Crippen LogP contribution < -0.4 is 9.64 Å². The minimum Gasteiger partial charge on any atom is -0.482 e. The summed E-state index contributed by atoms with van der Waals surface area (Å²) in [6.45, 7) is 0.570. The van der Waals surface area contributed by atoms with Crippen molar-refractivity contribution in [3.8, 4) is 5.75 Å². The van der Waals surface area contributed by atoms with Crippen LogP contribution in [-0.4, -0.2) is 21.9 Å². The Morgan fingerprint density at radius 2 is 1.62 bits per heavy atom. The predicted molar refractivity (Wildman–Crippen MR) is 125 cm³/mol. The molecule has 0 unspecified atom stereocenters. The molecule has 0 radical (unpaired) electrons. The van der Waals surface area contributed by atoms with Gasteiger partial charge in [0.15, 0.2) is 6.61 Å². The van der Waals surface area contributed by atoms with Crippen molar-refractivity contribution in [1.29, 1.82) is 0 Å². The molecule has 6 nitrogen and oxygen atoms in total. The predicted octanol–water partition coefficient (Wildman–Crippen LogP) is 5.63. The SMILES string of the molecule is O=C(CSc1nnc(COc2ccccc2Cl)o1)N(Cc1ccccc1)c1ccccc1. The maximum Gasteiger partial charge on any atom is 0.277 e. The average molecular weight is 466 g/mol. The zero-order valence-electron chi connectivity index (χ0n) is 17.1. The summed E-state index contributed by atoms with van der Waals surface area (Å²) in [6, 6.07) is 26.6. The number of hydrogen-bond donors (Lipinski definition) is 0. The van der Waals surface area contributed by atoms with Crippen molar-refractivity contribution in [3.05, 3.63) is 101 Å². The number of para-hydroxylation sites is 2. The van der Waals surface area contributed by atoms with Crippen molar-refractivity contribution >= 4 is 35.0 Å². The molecule has 32 heavy (non-hydrogen) atoms. The van der Waals surface area contributed by atoms with Crippen molar-refractivity contribution in [3.63, 3.8) is 0 Å². The third-order valence-corrected chi connectivity index (χ3v) is 5.62. The van der Waals surface area contributed by atoms with E-state index in [2.05, 4.69) is 10.2 Å². The highest BCUT2D eigenvalue weighted by Gasteiger charge is 2.18. The fourth-order valence-electron chi connectivity index (χ4n) is 2.95. The lowest BCUT2D eigenvalue weighted by molar-refractivity contribution is -0.116. The van der Waals surface area contributed by atoms with E-state index < -0.39 is 0 Å². The number of amides is 1. The largest absolute Gasteiger partial charge is 0.482 e. The lowest BCUT2D eigenvalue weighted by Crippen LogP contribution is -2.31. The zero-order chi connectivity index (χ0) is 22.2. The second-order valence-corrected chi connectivity index (χ2v) is 8.10. The Labute approximate surface area is 195 Å². The number of thioether (sulfide) groups is 1. The Morgan fingerprint density at radius 1 is 0.938 bits per heavy atom. The zero-order valence-corrected chi connectivity index (χ0v) is 18.6. The van der Waals surface area contributed by atoms with Gasteiger partial charge in [0.2, 0.25) is 5.91 Å². The van der Waals surface area contributed by atoms with Crippen molar-refractivity contribution in [2.24, 2.45) is 0 Å². The van der Waals surface area contributed by atoms with Crippen LogP contribution in [0.15, 0.2) is 94.6 Å². The van der Waals surface area contributed by atoms with E-state index in [4.69, 9.17) is 20.8 Å². The number of carbonyl (C=O) groups excluding carboxylic acids is 1. The Morgan fingerprint density at radius 3 is 2.38 bits per heavy atom. The molecule has 1 heterocycles. The van der Waals surface area contributed by atoms with E-state index in [9.17, 15) is 4.79 Å². The highest BCUT2D eigenvalue weighted by molar-refractivity contribution is 7.99. The number of nitrogens with zero attached hydrogens (tertiary/aromatic N) is 3. The Kier molecular flexibility index (Phi) is 7.42. The van der Waals surface area contributed by atoms with E-state index in [1.54, 1.807) is 17.0 Å². The van der Waals surface area contributed by atoms with Gasteiger partial charge in [-0.2, -0.15) is 0 Å². The van der Waals surface area contributed by atoms with Crippen LogP contribution in [0.1, 0.15) is 11.5 Å². The molecule has 0 saturated carbocycles. The van der Waals surface area contributed by atoms with Gasteiger partial charge in [-0.1, -0.05) is 84.0 Å². The summed E-state index contributed by atoms with van der Waals surface area (Å²) in [6.07, 6.45) is 0. The molecule has 0 N–H and O–H groups in total. The number of rotatable bonds is 9. The average Bonchev–Trinajstić information content (AvgIpc) is 3.29. The molecule has 0 aliphatic carbocycles. The first-order valence-corrected chi connectivity index (χ1v) is 11.3. The van der Waals surface area contributed by atoms with Crippen molar-refractivity contribution < 1.29 is 13.9 Å². The summed E-state index contributed by atoms with van der Waals surface area (Å²) in [5.74, 6) is 0.951. The topological polar surface area (TPSA) is 68.5 Å². The smallest absolute Gasteiger partial charge is 0.277 e. The molecule has 4 aromatic rings. The molecule has 4 rings (SSSR count). The lowest BCUT2D eigenvalue weighted by Gasteiger charge is -2.22. The van der Waals surface area contributed by atoms with Gasteiger partial charge in [-0.05, 0) is 29.8 Å². The number of carbonyl (C=O) groups is 1. The molecule has 162 valence electrons. The number of aromatic nitrogens is 2. The van der Waals surface area contributed by atoms with Crippen LogP contribution in [0.25, 0.3) is 0 Å². The number of hydrogen-bond acceptors (Lipinski definition) is 6. The van der Waals surface area contributed by atoms with E-state index in [1.165, 1.54) is 11.8 Å². The number of ether oxygens (including phenoxy) is 1. The molecule has 0 spiro atoms. The molecule has 8 heteroatoms. The van der Waals surface area contributed by atoms with Gasteiger partial charge in [-0.25, -0.2) is 0 Å². The lowest BCUT2D eigenvalue weighted by atomic mass is 10.2. The summed E-state index contributed by atoms with van der Waals surface area (Å²) in [5, 5.41) is 8.80. The molecule has 0 fully saturated rings. The molecule has 1 amide bonds. The summed E-state index contributed by atoms with van der Waals surface area (Å²) < 4.78 is 11.2. The maximum atomic E-state index is 13.1. The van der Waals surface area contributed by atoms with Gasteiger partial charge in [0.05, 0.1) is 17.3 Å². The fourth-order valence-corrected chi connectivity index (χ4v) is 3.80. The Hall–Kier alpha value is -3.29. The number of halogens is 1. The second-order valence-electron chi connectivity index (χ2n) is 6.77. The van der Waals surface area contributed by atoms with Gasteiger partial charge >= 0.3 is 0 Å². The Balaban J connectivity index is 1.37. The minimum absolute atomic E-state index is 0.0582. The van der Waals surface area contributed by atoms with Crippen LogP contribution in [0.4, 0.5) is 5.69 Å². The van der Waals surface area contributed by atoms with Crippen LogP contribution in [0, 0.1) is 0 Å². The molecular weight excluding hydrogens is 446 g/mol. The molecule has 3 aromatic carbocycles. The third-order valence-electron chi connectivity index (χ3n) is 4.51. The molecule has 0 saturated heterocycles. The standard InChI is InChI=1S/C24H20ClN3O3S/c25-20-13-7-8-14-21(20)30-16-22-26-27-24(31-22)32-17-23(29)28(19-11-5-2-6-12-19)15-18-9-3-1-4-10-18/h1-14H,15-17H2. The normalized spacial score (nSPS) is 10.7. The van der Waals surface area contributed by atoms with Gasteiger partial charge in [0, 0.05) is 5.69 Å². The first-order valence-electron chi connectivity index (χ1n) is 9.91. The van der Waals surface area contributed by atoms with Crippen molar-refractivity contribution in [1.82, 2.24) is 10.2 Å². The molecule has 0 bridgehead atoms. The van der Waals surface area contributed by atoms with E-state index in [0.29, 0.717) is 28.4 Å². The van der Waals surface area contributed by atoms with Crippen LogP contribution in [0.5, 0.6) is 5.75 Å². The van der Waals surface area contributed by atoms with Gasteiger partial charge in [-0.15, -0.1) is 10.2 Å². The maximum absolute atomic E-state index is 13.1. The van der Waals surface area contributed by atoms with Crippen LogP contribution >= 0.6 is 23.4 Å². The van der Waals surface area contributed by atoms with Crippen molar-refractivity contribution in [2.45, 2.75) is 18.4 Å². The summed E-state index contributed by atoms with van der Waals surface area (Å²) in [4.78, 5) is 14.8. The van der Waals surface area contributed by atoms with Crippen LogP contribution in [0.3, 0.4) is 0 Å². The van der Waals surface area contributed by atoms with Gasteiger partial charge in [0.1, 0.15) is 5.75 Å². The molecule has 1 aromatic heterocycles. The summed E-state index contributed by atoms with van der Waals surface area (Å²) in [5.41, 5.74) is 1.88. The van der Waals surface area contributed by atoms with E-state index in [0.717, 1.165) is 11.3 Å². The highest BCUT2D eigenvalue weighted by Crippen LogP contribution is 2.25. The highest BCUT2D eigenvalue weighted by atomic mass is 35.5. The van der Waals surface area contributed by atoms with E-state index in [-0.39, 0.29) is 18.3 Å². The van der Waals surface area contributed by atoms with E-state index >= 15 is 0 Å². The molecular formula is C24H20ClN3O3S. The first kappa shape index (κ1) is 21.9. The summed E-state index contributed by atoms with van der Waals surface area (Å²) >= 11 is 7.28. The van der Waals surface area contributed by atoms with Gasteiger partial charge < -0.3 is 14.1 Å². The second kappa shape index (κ2) is 10.8. The molecule has 0 aliphatic heterocycles. The number of benzene rings is 3. The number of anilines is 1. The first-order chi connectivity index (χ1) is 15.7. The summed E-state index contributed by atoms with van der Waals surface area (Å²) in [7, 11) is 0. The quantitative estimate of drug-likeness (QED) is 0.298. The third kappa shape index (κ3) is 5.90. The Bertz CT molecular complexity index is 1160. The molecule has 0 atom stereocenters. The van der Waals surface area contributed by atoms with E-state index in [1.807, 2.05) is 72.8 Å². The minimum atomic E-state index is -0.0582. The monoisotopic (exact) mass is 465 g/mol. The van der Waals surface area contributed by atoms with Gasteiger partial charge in [-0.3, -0.25) is 4.79 Å². The van der Waals surface area contributed by atoms with Crippen molar-refractivity contribution in [2.75, 3.05) is 10.7 Å². The fraction of sp³-hybridized carbons (Fsp3) is 0.125. The molecule has 0 aliphatic rings.